The van der Waals surface area contributed by atoms with Gasteiger partial charge in [0, 0.05) is 25.7 Å². The van der Waals surface area contributed by atoms with Crippen LogP contribution in [0.4, 0.5) is 5.69 Å². The molecule has 7 heteroatoms. The Bertz CT molecular complexity index is 1060. The van der Waals surface area contributed by atoms with Crippen LogP contribution in [-0.2, 0) is 10.0 Å². The number of fused-ring (bicyclic) bond motifs is 1. The molecule has 3 aromatic rings. The van der Waals surface area contributed by atoms with E-state index in [4.69, 9.17) is 0 Å². The number of nitrogens with one attached hydrogen (secondary N) is 1. The first-order valence-corrected chi connectivity index (χ1v) is 10.2. The van der Waals surface area contributed by atoms with Gasteiger partial charge in [-0.25, -0.2) is 17.4 Å². The molecule has 0 saturated carbocycles. The predicted molar refractivity (Wildman–Crippen MR) is 103 cm³/mol. The predicted octanol–water partition coefficient (Wildman–Crippen LogP) is 2.38. The molecule has 4 rings (SSSR count). The van der Waals surface area contributed by atoms with Crippen LogP contribution in [0.25, 0.3) is 11.0 Å². The number of anilines is 1. The Kier molecular flexibility index (Phi) is 4.20. The molecule has 0 radical (unpaired) electrons. The second-order valence-electron chi connectivity index (χ2n) is 6.81. The van der Waals surface area contributed by atoms with E-state index in [9.17, 15) is 8.42 Å². The summed E-state index contributed by atoms with van der Waals surface area (Å²) in [5, 5.41) is 3.42. The fourth-order valence-corrected chi connectivity index (χ4v) is 4.88. The summed E-state index contributed by atoms with van der Waals surface area (Å²) in [6.07, 6.45) is 1.41. The molecule has 1 N–H and O–H groups in total. The van der Waals surface area contributed by atoms with Crippen LogP contribution in [0.3, 0.4) is 0 Å². The zero-order valence-electron chi connectivity index (χ0n) is 14.9. The molecule has 0 bridgehead atoms. The van der Waals surface area contributed by atoms with Gasteiger partial charge in [0.25, 0.3) is 10.0 Å². The minimum Gasteiger partial charge on any atom is -0.367 e. The van der Waals surface area contributed by atoms with Crippen molar-refractivity contribution in [3.05, 3.63) is 54.4 Å². The van der Waals surface area contributed by atoms with Gasteiger partial charge in [-0.2, -0.15) is 0 Å². The molecular formula is C19H22N4O2S. The molecule has 136 valence electrons. The summed E-state index contributed by atoms with van der Waals surface area (Å²) < 4.78 is 27.5. The topological polar surface area (TPSA) is 67.2 Å². The Balaban J connectivity index is 1.82. The average Bonchev–Trinajstić information content (AvgIpc) is 3.06. The van der Waals surface area contributed by atoms with Gasteiger partial charge in [-0.05, 0) is 43.7 Å². The number of aromatic nitrogens is 2. The van der Waals surface area contributed by atoms with E-state index in [0.29, 0.717) is 11.6 Å². The highest BCUT2D eigenvalue weighted by atomic mass is 32.2. The fourth-order valence-electron chi connectivity index (χ4n) is 3.49. The van der Waals surface area contributed by atoms with Gasteiger partial charge in [0.05, 0.1) is 16.1 Å². The van der Waals surface area contributed by atoms with Gasteiger partial charge in [-0.15, -0.1) is 0 Å². The lowest BCUT2D eigenvalue weighted by molar-refractivity contribution is 0.485. The Morgan fingerprint density at radius 3 is 2.77 bits per heavy atom. The molecule has 0 spiro atoms. The second-order valence-corrected chi connectivity index (χ2v) is 8.62. The highest BCUT2D eigenvalue weighted by Crippen LogP contribution is 2.29. The molecular weight excluding hydrogens is 348 g/mol. The van der Waals surface area contributed by atoms with Crippen molar-refractivity contribution in [3.63, 3.8) is 0 Å². The molecule has 1 fully saturated rings. The van der Waals surface area contributed by atoms with Crippen LogP contribution in [0, 0.1) is 6.92 Å². The van der Waals surface area contributed by atoms with E-state index in [2.05, 4.69) is 22.1 Å². The van der Waals surface area contributed by atoms with Gasteiger partial charge in [0.1, 0.15) is 11.8 Å². The first-order valence-electron chi connectivity index (χ1n) is 8.73. The molecule has 6 nitrogen and oxygen atoms in total. The van der Waals surface area contributed by atoms with Gasteiger partial charge in [-0.1, -0.05) is 18.2 Å². The number of hydrogen-bond acceptors (Lipinski definition) is 5. The van der Waals surface area contributed by atoms with Crippen molar-refractivity contribution in [2.24, 2.45) is 0 Å². The smallest absolute Gasteiger partial charge is 0.269 e. The van der Waals surface area contributed by atoms with Crippen molar-refractivity contribution >= 4 is 26.7 Å². The Morgan fingerprint density at radius 2 is 2.00 bits per heavy atom. The monoisotopic (exact) mass is 370 g/mol. The maximum absolute atomic E-state index is 13.1. The first kappa shape index (κ1) is 17.1. The molecule has 0 aliphatic carbocycles. The van der Waals surface area contributed by atoms with Gasteiger partial charge in [0.2, 0.25) is 0 Å². The van der Waals surface area contributed by atoms with Gasteiger partial charge in [0.15, 0.2) is 0 Å². The maximum atomic E-state index is 13.1. The number of benzene rings is 2. The quantitative estimate of drug-likeness (QED) is 0.767. The molecule has 1 aliphatic rings. The van der Waals surface area contributed by atoms with Crippen molar-refractivity contribution in [1.82, 2.24) is 14.3 Å². The minimum atomic E-state index is -3.68. The molecule has 1 unspecified atom stereocenters. The van der Waals surface area contributed by atoms with Crippen molar-refractivity contribution in [2.75, 3.05) is 24.5 Å². The highest BCUT2D eigenvalue weighted by molar-refractivity contribution is 7.90. The number of nitrogens with zero attached hydrogens (tertiary/aromatic N) is 3. The number of aryl methyl sites for hydroxylation is 1. The number of rotatable bonds is 3. The van der Waals surface area contributed by atoms with E-state index in [1.165, 1.54) is 10.3 Å². The summed E-state index contributed by atoms with van der Waals surface area (Å²) in [5.74, 6) is 0. The van der Waals surface area contributed by atoms with Crippen molar-refractivity contribution in [1.29, 1.82) is 0 Å². The Morgan fingerprint density at radius 1 is 1.19 bits per heavy atom. The molecule has 1 atom stereocenters. The van der Waals surface area contributed by atoms with Crippen LogP contribution in [0.1, 0.15) is 12.5 Å². The maximum Gasteiger partial charge on any atom is 0.269 e. The zero-order valence-corrected chi connectivity index (χ0v) is 15.7. The van der Waals surface area contributed by atoms with Gasteiger partial charge >= 0.3 is 0 Å². The first-order chi connectivity index (χ1) is 12.5. The molecule has 1 aliphatic heterocycles. The van der Waals surface area contributed by atoms with Crippen molar-refractivity contribution in [3.8, 4) is 0 Å². The summed E-state index contributed by atoms with van der Waals surface area (Å²) in [4.78, 5) is 6.99. The third-order valence-electron chi connectivity index (χ3n) is 4.78. The van der Waals surface area contributed by atoms with E-state index in [-0.39, 0.29) is 4.90 Å². The SMILES string of the molecule is Cc1cccc(S(=O)(=O)n2cnc3c(N4CCNC(C)C4)cccc32)c1. The van der Waals surface area contributed by atoms with Gasteiger partial charge < -0.3 is 10.2 Å². The number of para-hydroxylation sites is 1. The minimum absolute atomic E-state index is 0.276. The number of imidazole rings is 1. The van der Waals surface area contributed by atoms with Crippen LogP contribution in [-0.4, -0.2) is 43.1 Å². The van der Waals surface area contributed by atoms with Crippen molar-refractivity contribution in [2.45, 2.75) is 24.8 Å². The number of piperazine rings is 1. The molecule has 1 saturated heterocycles. The third-order valence-corrected chi connectivity index (χ3v) is 6.44. The normalized spacial score (nSPS) is 18.4. The molecule has 26 heavy (non-hydrogen) atoms. The summed E-state index contributed by atoms with van der Waals surface area (Å²) in [6, 6.07) is 13.1. The van der Waals surface area contributed by atoms with E-state index in [1.807, 2.05) is 31.2 Å². The lowest BCUT2D eigenvalue weighted by Crippen LogP contribution is -2.49. The van der Waals surface area contributed by atoms with E-state index >= 15 is 0 Å². The van der Waals surface area contributed by atoms with Gasteiger partial charge in [-0.3, -0.25) is 0 Å². The summed E-state index contributed by atoms with van der Waals surface area (Å²) in [5.41, 5.74) is 3.22. The summed E-state index contributed by atoms with van der Waals surface area (Å²) in [6.45, 7) is 6.68. The molecule has 2 heterocycles. The van der Waals surface area contributed by atoms with Crippen LogP contribution >= 0.6 is 0 Å². The second kappa shape index (κ2) is 6.41. The summed E-state index contributed by atoms with van der Waals surface area (Å²) >= 11 is 0. The number of hydrogen-bond donors (Lipinski definition) is 1. The van der Waals surface area contributed by atoms with E-state index < -0.39 is 10.0 Å². The lowest BCUT2D eigenvalue weighted by Gasteiger charge is -2.33. The third kappa shape index (κ3) is 2.87. The van der Waals surface area contributed by atoms with E-state index in [0.717, 1.165) is 36.4 Å². The lowest BCUT2D eigenvalue weighted by atomic mass is 10.2. The van der Waals surface area contributed by atoms with Crippen LogP contribution in [0.15, 0.2) is 53.7 Å². The average molecular weight is 370 g/mol. The Hall–Kier alpha value is -2.38. The van der Waals surface area contributed by atoms with Crippen LogP contribution in [0.2, 0.25) is 0 Å². The Labute approximate surface area is 153 Å². The van der Waals surface area contributed by atoms with Crippen LogP contribution in [0.5, 0.6) is 0 Å². The standard InChI is InChI=1S/C19H22N4O2S/c1-14-5-3-6-16(11-14)26(24,25)23-13-21-19-17(7-4-8-18(19)23)22-10-9-20-15(2)12-22/h3-8,11,13,15,20H,9-10,12H2,1-2H3. The van der Waals surface area contributed by atoms with E-state index in [1.54, 1.807) is 18.2 Å². The molecule has 2 aromatic carbocycles. The van der Waals surface area contributed by atoms with Crippen LogP contribution < -0.4 is 10.2 Å². The van der Waals surface area contributed by atoms with Crippen molar-refractivity contribution < 1.29 is 8.42 Å². The zero-order chi connectivity index (χ0) is 18.3. The molecule has 0 amide bonds. The highest BCUT2D eigenvalue weighted by Gasteiger charge is 2.23. The fraction of sp³-hybridized carbons (Fsp3) is 0.316. The molecule has 1 aromatic heterocycles. The largest absolute Gasteiger partial charge is 0.367 e. The summed E-state index contributed by atoms with van der Waals surface area (Å²) in [7, 11) is -3.68.